The highest BCUT2D eigenvalue weighted by Crippen LogP contribution is 2.33. The summed E-state index contributed by atoms with van der Waals surface area (Å²) in [4.78, 5) is 12.4. The molecule has 0 aromatic rings. The van der Waals surface area contributed by atoms with Gasteiger partial charge < -0.3 is 4.74 Å². The molecule has 2 saturated carbocycles. The minimum atomic E-state index is 0.0110. The molecule has 148 valence electrons. The first kappa shape index (κ1) is 21.3. The van der Waals surface area contributed by atoms with Crippen molar-refractivity contribution in [2.24, 2.45) is 17.8 Å². The minimum absolute atomic E-state index is 0.0110. The number of esters is 1. The molecular weight excluding hydrogens is 322 g/mol. The number of hydrogen-bond acceptors (Lipinski definition) is 3. The fraction of sp³-hybridized carbons (Fsp3) is 0.913. The molecule has 0 aliphatic heterocycles. The zero-order valence-corrected chi connectivity index (χ0v) is 16.9. The van der Waals surface area contributed by atoms with E-state index < -0.39 is 0 Å². The number of unbranched alkanes of at least 4 members (excludes halogenated alkanes) is 6. The van der Waals surface area contributed by atoms with Crippen molar-refractivity contribution < 1.29 is 9.53 Å². The van der Waals surface area contributed by atoms with Crippen molar-refractivity contribution >= 4 is 5.97 Å². The van der Waals surface area contributed by atoms with E-state index >= 15 is 0 Å². The van der Waals surface area contributed by atoms with Crippen molar-refractivity contribution in [1.29, 1.82) is 5.26 Å². The molecule has 0 heterocycles. The molecule has 0 radical (unpaired) electrons. The molecule has 2 aliphatic rings. The maximum atomic E-state index is 12.4. The Hall–Kier alpha value is -1.04. The lowest BCUT2D eigenvalue weighted by Crippen LogP contribution is -2.30. The fourth-order valence-electron chi connectivity index (χ4n) is 4.65. The number of hydrogen-bond donors (Lipinski definition) is 0. The molecule has 0 spiro atoms. The summed E-state index contributed by atoms with van der Waals surface area (Å²) in [5.41, 5.74) is 0. The Morgan fingerprint density at radius 2 is 1.50 bits per heavy atom. The summed E-state index contributed by atoms with van der Waals surface area (Å²) in [6.07, 6.45) is 19.2. The van der Waals surface area contributed by atoms with E-state index in [1.165, 1.54) is 64.2 Å². The van der Waals surface area contributed by atoms with Crippen molar-refractivity contribution in [3.63, 3.8) is 0 Å². The van der Waals surface area contributed by atoms with Gasteiger partial charge in [-0.2, -0.15) is 5.26 Å². The van der Waals surface area contributed by atoms with Gasteiger partial charge in [0.05, 0.1) is 12.0 Å². The van der Waals surface area contributed by atoms with Gasteiger partial charge in [0.25, 0.3) is 0 Å². The highest BCUT2D eigenvalue weighted by atomic mass is 16.5. The molecule has 2 fully saturated rings. The predicted octanol–water partition coefficient (Wildman–Crippen LogP) is 6.56. The second-order valence-corrected chi connectivity index (χ2v) is 8.67. The van der Waals surface area contributed by atoms with Crippen LogP contribution in [0.1, 0.15) is 110 Å². The first-order valence-electron chi connectivity index (χ1n) is 11.3. The largest absolute Gasteiger partial charge is 0.462 e. The summed E-state index contributed by atoms with van der Waals surface area (Å²) < 4.78 is 5.81. The molecule has 0 aromatic heterocycles. The molecule has 0 bridgehead atoms. The molecule has 3 heteroatoms. The van der Waals surface area contributed by atoms with E-state index in [0.29, 0.717) is 0 Å². The van der Waals surface area contributed by atoms with Gasteiger partial charge in [0.1, 0.15) is 6.10 Å². The molecule has 0 aromatic carbocycles. The van der Waals surface area contributed by atoms with Crippen LogP contribution in [-0.4, -0.2) is 12.1 Å². The van der Waals surface area contributed by atoms with E-state index in [1.54, 1.807) is 0 Å². The van der Waals surface area contributed by atoms with Crippen LogP contribution in [0.15, 0.2) is 0 Å². The quantitative estimate of drug-likeness (QED) is 0.327. The van der Waals surface area contributed by atoms with Gasteiger partial charge in [-0.15, -0.1) is 0 Å². The van der Waals surface area contributed by atoms with Crippen LogP contribution in [0.2, 0.25) is 0 Å². The summed E-state index contributed by atoms with van der Waals surface area (Å²) in [7, 11) is 0. The Labute approximate surface area is 160 Å². The molecule has 0 amide bonds. The third-order valence-electron chi connectivity index (χ3n) is 6.54. The second-order valence-electron chi connectivity index (χ2n) is 8.67. The number of carbonyl (C=O) groups is 1. The van der Waals surface area contributed by atoms with Crippen LogP contribution in [0.5, 0.6) is 0 Å². The monoisotopic (exact) mass is 361 g/mol. The normalized spacial score (nSPS) is 29.1. The molecule has 2 aliphatic carbocycles. The molecule has 3 nitrogen and oxygen atoms in total. The van der Waals surface area contributed by atoms with Gasteiger partial charge in [0, 0.05) is 5.92 Å². The predicted molar refractivity (Wildman–Crippen MR) is 106 cm³/mol. The van der Waals surface area contributed by atoms with E-state index in [4.69, 9.17) is 10.00 Å². The van der Waals surface area contributed by atoms with Gasteiger partial charge in [-0.05, 0) is 57.3 Å². The highest BCUT2D eigenvalue weighted by Gasteiger charge is 2.30. The van der Waals surface area contributed by atoms with Crippen molar-refractivity contribution in [3.8, 4) is 6.07 Å². The average Bonchev–Trinajstić information content (AvgIpc) is 2.68. The number of rotatable bonds is 10. The lowest BCUT2D eigenvalue weighted by molar-refractivity contribution is -0.157. The van der Waals surface area contributed by atoms with E-state index in [2.05, 4.69) is 13.0 Å². The summed E-state index contributed by atoms with van der Waals surface area (Å²) >= 11 is 0. The topological polar surface area (TPSA) is 50.1 Å². The number of nitriles is 1. The molecule has 0 atom stereocenters. The van der Waals surface area contributed by atoms with Gasteiger partial charge in [0.2, 0.25) is 0 Å². The third kappa shape index (κ3) is 7.68. The first-order chi connectivity index (χ1) is 12.7. The molecule has 0 unspecified atom stereocenters. The van der Waals surface area contributed by atoms with Crippen LogP contribution in [0, 0.1) is 29.1 Å². The summed E-state index contributed by atoms with van der Waals surface area (Å²) in [6, 6.07) is 2.33. The smallest absolute Gasteiger partial charge is 0.309 e. The molecule has 26 heavy (non-hydrogen) atoms. The zero-order chi connectivity index (χ0) is 18.6. The van der Waals surface area contributed by atoms with Gasteiger partial charge in [-0.25, -0.2) is 0 Å². The minimum Gasteiger partial charge on any atom is -0.462 e. The first-order valence-corrected chi connectivity index (χ1v) is 11.3. The Bertz CT molecular complexity index is 426. The van der Waals surface area contributed by atoms with Crippen LogP contribution in [-0.2, 0) is 9.53 Å². The van der Waals surface area contributed by atoms with Gasteiger partial charge in [0.15, 0.2) is 0 Å². The number of nitrogens with zero attached hydrogens (tertiary/aromatic N) is 1. The van der Waals surface area contributed by atoms with Crippen molar-refractivity contribution in [3.05, 3.63) is 0 Å². The Morgan fingerprint density at radius 1 is 0.885 bits per heavy atom. The standard InChI is InChI=1S/C23H39NO2/c1-2-3-4-5-6-7-8-9-19-12-16-22(17-13-19)26-23(25)21-14-10-20(18-24)11-15-21/h19-22H,2-17H2,1H3. The van der Waals surface area contributed by atoms with Gasteiger partial charge >= 0.3 is 5.97 Å². The molecule has 2 rings (SSSR count). The Balaban J connectivity index is 1.52. The lowest BCUT2D eigenvalue weighted by atomic mass is 9.82. The fourth-order valence-corrected chi connectivity index (χ4v) is 4.65. The second kappa shape index (κ2) is 12.4. The third-order valence-corrected chi connectivity index (χ3v) is 6.54. The number of ether oxygens (including phenoxy) is 1. The van der Waals surface area contributed by atoms with Crippen molar-refractivity contribution in [2.45, 2.75) is 116 Å². The average molecular weight is 362 g/mol. The van der Waals surface area contributed by atoms with E-state index in [-0.39, 0.29) is 23.9 Å². The highest BCUT2D eigenvalue weighted by molar-refractivity contribution is 5.72. The van der Waals surface area contributed by atoms with Crippen molar-refractivity contribution in [2.75, 3.05) is 0 Å². The molecule has 0 saturated heterocycles. The zero-order valence-electron chi connectivity index (χ0n) is 16.9. The Kier molecular flexibility index (Phi) is 10.1. The lowest BCUT2D eigenvalue weighted by Gasteiger charge is -2.30. The maximum Gasteiger partial charge on any atom is 0.309 e. The van der Waals surface area contributed by atoms with Gasteiger partial charge in [-0.1, -0.05) is 58.3 Å². The summed E-state index contributed by atoms with van der Waals surface area (Å²) in [5.74, 6) is 1.06. The van der Waals surface area contributed by atoms with Crippen LogP contribution in [0.3, 0.4) is 0 Å². The van der Waals surface area contributed by atoms with Crippen molar-refractivity contribution in [1.82, 2.24) is 0 Å². The Morgan fingerprint density at radius 3 is 2.12 bits per heavy atom. The van der Waals surface area contributed by atoms with Crippen LogP contribution < -0.4 is 0 Å². The summed E-state index contributed by atoms with van der Waals surface area (Å²) in [5, 5.41) is 8.96. The van der Waals surface area contributed by atoms with Gasteiger partial charge in [-0.3, -0.25) is 4.79 Å². The van der Waals surface area contributed by atoms with E-state index in [9.17, 15) is 4.79 Å². The van der Waals surface area contributed by atoms with E-state index in [1.807, 2.05) is 0 Å². The van der Waals surface area contributed by atoms with E-state index in [0.717, 1.165) is 44.4 Å². The van der Waals surface area contributed by atoms with Crippen LogP contribution in [0.25, 0.3) is 0 Å². The maximum absolute atomic E-state index is 12.4. The summed E-state index contributed by atoms with van der Waals surface area (Å²) in [6.45, 7) is 2.27. The molecular formula is C23H39NO2. The molecule has 0 N–H and O–H groups in total. The van der Waals surface area contributed by atoms with Crippen LogP contribution >= 0.6 is 0 Å². The van der Waals surface area contributed by atoms with Crippen LogP contribution in [0.4, 0.5) is 0 Å². The SMILES string of the molecule is CCCCCCCCCC1CCC(OC(=O)C2CCC(C#N)CC2)CC1. The number of carbonyl (C=O) groups excluding carboxylic acids is 1.